The van der Waals surface area contributed by atoms with Crippen LogP contribution in [0.5, 0.6) is 0 Å². The lowest BCUT2D eigenvalue weighted by molar-refractivity contribution is 0.100. The van der Waals surface area contributed by atoms with Crippen LogP contribution in [0.15, 0.2) is 22.8 Å². The van der Waals surface area contributed by atoms with Crippen LogP contribution in [-0.2, 0) is 0 Å². The zero-order chi connectivity index (χ0) is 15.1. The maximum Gasteiger partial charge on any atom is 0.260 e. The van der Waals surface area contributed by atoms with E-state index in [1.165, 1.54) is 6.26 Å². The molecule has 7 nitrogen and oxygen atoms in total. The molecular weight excluding hydrogens is 290 g/mol. The number of amides is 1. The molecule has 0 saturated carbocycles. The molecule has 8 heteroatoms. The number of hydrogen-bond acceptors (Lipinski definition) is 7. The van der Waals surface area contributed by atoms with E-state index >= 15 is 0 Å². The Bertz CT molecular complexity index is 905. The van der Waals surface area contributed by atoms with Crippen molar-refractivity contribution >= 4 is 39.0 Å². The number of pyridine rings is 1. The molecule has 0 spiro atoms. The van der Waals surface area contributed by atoms with Gasteiger partial charge in [-0.2, -0.15) is 5.26 Å². The van der Waals surface area contributed by atoms with Gasteiger partial charge >= 0.3 is 0 Å². The summed E-state index contributed by atoms with van der Waals surface area (Å²) in [5, 5.41) is 9.78. The number of nitrogens with two attached hydrogens (primary N) is 3. The number of aromatic nitrogens is 1. The molecule has 0 unspecified atom stereocenters. The van der Waals surface area contributed by atoms with Gasteiger partial charge in [0.25, 0.3) is 5.91 Å². The van der Waals surface area contributed by atoms with Crippen molar-refractivity contribution in [3.8, 4) is 17.4 Å². The molecule has 0 bridgehead atoms. The largest absolute Gasteiger partial charge is 0.464 e. The number of hydrogen-bond donors (Lipinski definition) is 3. The van der Waals surface area contributed by atoms with Gasteiger partial charge in [-0.1, -0.05) is 0 Å². The number of nitrogens with zero attached hydrogens (tertiary/aromatic N) is 2. The highest BCUT2D eigenvalue weighted by Crippen LogP contribution is 2.42. The summed E-state index contributed by atoms with van der Waals surface area (Å²) in [4.78, 5) is 16.2. The summed E-state index contributed by atoms with van der Waals surface area (Å²) in [6.45, 7) is 0. The fourth-order valence-electron chi connectivity index (χ4n) is 2.13. The number of primary amides is 1. The van der Waals surface area contributed by atoms with Crippen molar-refractivity contribution in [3.05, 3.63) is 28.8 Å². The average Bonchev–Trinajstić information content (AvgIpc) is 3.06. The molecule has 0 aliphatic heterocycles. The Morgan fingerprint density at radius 3 is 2.76 bits per heavy atom. The smallest absolute Gasteiger partial charge is 0.260 e. The molecule has 3 heterocycles. The van der Waals surface area contributed by atoms with Gasteiger partial charge in [-0.15, -0.1) is 11.3 Å². The standard InChI is InChI=1S/C13H9N5O2S/c14-4-5-7(6-2-1-3-20-6)8-9(15)10(12(17)19)21-13(8)18-11(5)16/h1-3H,15H2,(H2,16,18)(H2,17,19). The van der Waals surface area contributed by atoms with E-state index in [2.05, 4.69) is 4.98 Å². The number of furan rings is 1. The number of anilines is 2. The topological polar surface area (TPSA) is 145 Å². The van der Waals surface area contributed by atoms with Crippen LogP contribution in [0.3, 0.4) is 0 Å². The maximum atomic E-state index is 11.4. The van der Waals surface area contributed by atoms with Crippen LogP contribution in [-0.4, -0.2) is 10.9 Å². The number of rotatable bonds is 2. The number of nitriles is 1. The first-order chi connectivity index (χ1) is 10.0. The van der Waals surface area contributed by atoms with Crippen LogP contribution in [0.1, 0.15) is 15.2 Å². The van der Waals surface area contributed by atoms with Crippen molar-refractivity contribution in [2.24, 2.45) is 5.73 Å². The van der Waals surface area contributed by atoms with Crippen molar-refractivity contribution in [2.45, 2.75) is 0 Å². The first-order valence-corrected chi connectivity index (χ1v) is 6.61. The van der Waals surface area contributed by atoms with Gasteiger partial charge in [-0.05, 0) is 12.1 Å². The third-order valence-corrected chi connectivity index (χ3v) is 4.12. The highest BCUT2D eigenvalue weighted by Gasteiger charge is 2.24. The third kappa shape index (κ3) is 1.79. The van der Waals surface area contributed by atoms with Crippen LogP contribution >= 0.6 is 11.3 Å². The van der Waals surface area contributed by atoms with E-state index in [4.69, 9.17) is 21.6 Å². The van der Waals surface area contributed by atoms with Crippen molar-refractivity contribution < 1.29 is 9.21 Å². The maximum absolute atomic E-state index is 11.4. The van der Waals surface area contributed by atoms with Crippen molar-refractivity contribution in [1.29, 1.82) is 5.26 Å². The number of nitrogen functional groups attached to an aromatic ring is 2. The zero-order valence-corrected chi connectivity index (χ0v) is 11.4. The molecule has 0 fully saturated rings. The SMILES string of the molecule is N#Cc1c(N)nc2sc(C(N)=O)c(N)c2c1-c1ccco1. The van der Waals surface area contributed by atoms with E-state index in [-0.39, 0.29) is 21.9 Å². The van der Waals surface area contributed by atoms with Crippen LogP contribution in [0.2, 0.25) is 0 Å². The molecule has 6 N–H and O–H groups in total. The second-order valence-electron chi connectivity index (χ2n) is 4.23. The summed E-state index contributed by atoms with van der Waals surface area (Å²) >= 11 is 1.04. The predicted molar refractivity (Wildman–Crippen MR) is 79.4 cm³/mol. The summed E-state index contributed by atoms with van der Waals surface area (Å²) < 4.78 is 5.35. The fraction of sp³-hybridized carbons (Fsp3) is 0. The van der Waals surface area contributed by atoms with Gasteiger partial charge < -0.3 is 21.6 Å². The molecule has 21 heavy (non-hydrogen) atoms. The summed E-state index contributed by atoms with van der Waals surface area (Å²) in [5.41, 5.74) is 17.9. The summed E-state index contributed by atoms with van der Waals surface area (Å²) in [6, 6.07) is 5.35. The lowest BCUT2D eigenvalue weighted by atomic mass is 10.0. The lowest BCUT2D eigenvalue weighted by Crippen LogP contribution is -2.10. The second-order valence-corrected chi connectivity index (χ2v) is 5.22. The first-order valence-electron chi connectivity index (χ1n) is 5.79. The quantitative estimate of drug-likeness (QED) is 0.656. The van der Waals surface area contributed by atoms with Gasteiger partial charge in [-0.3, -0.25) is 4.79 Å². The van der Waals surface area contributed by atoms with Gasteiger partial charge in [-0.25, -0.2) is 4.98 Å². The minimum atomic E-state index is -0.655. The van der Waals surface area contributed by atoms with Crippen LogP contribution in [0, 0.1) is 11.3 Å². The van der Waals surface area contributed by atoms with E-state index in [1.54, 1.807) is 12.1 Å². The summed E-state index contributed by atoms with van der Waals surface area (Å²) in [7, 11) is 0. The second kappa shape index (κ2) is 4.50. The number of thiophene rings is 1. The third-order valence-electron chi connectivity index (χ3n) is 3.01. The minimum absolute atomic E-state index is 0.0497. The number of fused-ring (bicyclic) bond motifs is 1. The molecule has 0 aromatic carbocycles. The van der Waals surface area contributed by atoms with E-state index in [9.17, 15) is 10.1 Å². The van der Waals surface area contributed by atoms with Gasteiger partial charge in [0.15, 0.2) is 0 Å². The lowest BCUT2D eigenvalue weighted by Gasteiger charge is -2.06. The Hall–Kier alpha value is -3.05. The molecule has 3 rings (SSSR count). The summed E-state index contributed by atoms with van der Waals surface area (Å²) in [6.07, 6.45) is 1.47. The molecule has 0 atom stereocenters. The highest BCUT2D eigenvalue weighted by atomic mass is 32.1. The van der Waals surface area contributed by atoms with Gasteiger partial charge in [0.2, 0.25) is 0 Å². The molecule has 3 aromatic rings. The van der Waals surface area contributed by atoms with E-state index in [0.717, 1.165) is 11.3 Å². The monoisotopic (exact) mass is 299 g/mol. The summed E-state index contributed by atoms with van der Waals surface area (Å²) in [5.74, 6) is -0.183. The van der Waals surface area contributed by atoms with Gasteiger partial charge in [0, 0.05) is 5.39 Å². The Morgan fingerprint density at radius 1 is 1.43 bits per heavy atom. The van der Waals surface area contributed by atoms with Gasteiger partial charge in [0.1, 0.15) is 32.9 Å². The average molecular weight is 299 g/mol. The van der Waals surface area contributed by atoms with Crippen molar-refractivity contribution in [3.63, 3.8) is 0 Å². The Morgan fingerprint density at radius 2 is 2.19 bits per heavy atom. The highest BCUT2D eigenvalue weighted by molar-refractivity contribution is 7.21. The normalized spacial score (nSPS) is 10.6. The molecule has 0 aliphatic carbocycles. The predicted octanol–water partition coefficient (Wildman–Crippen LogP) is 1.69. The van der Waals surface area contributed by atoms with Crippen molar-refractivity contribution in [1.82, 2.24) is 4.98 Å². The molecular formula is C13H9N5O2S. The zero-order valence-electron chi connectivity index (χ0n) is 10.6. The Labute approximate surface area is 122 Å². The molecule has 0 aliphatic rings. The molecule has 3 aromatic heterocycles. The Kier molecular flexibility index (Phi) is 2.78. The minimum Gasteiger partial charge on any atom is -0.464 e. The molecule has 0 radical (unpaired) electrons. The first kappa shape index (κ1) is 13.0. The van der Waals surface area contributed by atoms with E-state index in [0.29, 0.717) is 21.5 Å². The van der Waals surface area contributed by atoms with Crippen LogP contribution in [0.4, 0.5) is 11.5 Å². The molecule has 1 amide bonds. The molecule has 104 valence electrons. The van der Waals surface area contributed by atoms with Gasteiger partial charge in [0.05, 0.1) is 17.5 Å². The number of carbonyl (C=O) groups is 1. The number of carbonyl (C=O) groups excluding carboxylic acids is 1. The van der Waals surface area contributed by atoms with Crippen molar-refractivity contribution in [2.75, 3.05) is 11.5 Å². The Balaban J connectivity index is 2.52. The molecule has 0 saturated heterocycles. The van der Waals surface area contributed by atoms with Crippen LogP contribution in [0.25, 0.3) is 21.5 Å². The fourth-order valence-corrected chi connectivity index (χ4v) is 3.10. The van der Waals surface area contributed by atoms with E-state index in [1.807, 2.05) is 6.07 Å². The van der Waals surface area contributed by atoms with Crippen LogP contribution < -0.4 is 17.2 Å². The van der Waals surface area contributed by atoms with E-state index < -0.39 is 5.91 Å².